The summed E-state index contributed by atoms with van der Waals surface area (Å²) >= 11 is 0. The minimum atomic E-state index is 0.686. The van der Waals surface area contributed by atoms with E-state index in [1.165, 1.54) is 0 Å². The molecule has 0 aliphatic rings. The van der Waals surface area contributed by atoms with E-state index in [1.807, 2.05) is 30.3 Å². The van der Waals surface area contributed by atoms with Crippen LogP contribution < -0.4 is 0 Å². The van der Waals surface area contributed by atoms with Crippen molar-refractivity contribution in [2.45, 2.75) is 0 Å². The molecule has 2 rings (SSSR count). The number of aldehydes is 1. The summed E-state index contributed by atoms with van der Waals surface area (Å²) in [6, 6.07) is 11.3. The van der Waals surface area contributed by atoms with Gasteiger partial charge in [-0.1, -0.05) is 24.1 Å². The summed E-state index contributed by atoms with van der Waals surface area (Å²) < 4.78 is 0. The summed E-state index contributed by atoms with van der Waals surface area (Å²) in [7, 11) is 0. The second kappa shape index (κ2) is 3.35. The zero-order valence-electron chi connectivity index (χ0n) is 7.53. The number of hydrogen-bond acceptors (Lipinski definition) is 1. The molecule has 0 fully saturated rings. The van der Waals surface area contributed by atoms with E-state index in [2.05, 4.69) is 5.92 Å². The molecule has 2 aromatic rings. The van der Waals surface area contributed by atoms with Gasteiger partial charge in [0.2, 0.25) is 0 Å². The van der Waals surface area contributed by atoms with Gasteiger partial charge in [-0.05, 0) is 29.0 Å². The van der Waals surface area contributed by atoms with E-state index in [-0.39, 0.29) is 0 Å². The van der Waals surface area contributed by atoms with Gasteiger partial charge in [0.1, 0.15) is 6.29 Å². The maximum Gasteiger partial charge on any atom is 0.150 e. The van der Waals surface area contributed by atoms with Crippen molar-refractivity contribution in [2.75, 3.05) is 0 Å². The minimum absolute atomic E-state index is 0.686. The van der Waals surface area contributed by atoms with Crippen LogP contribution in [0.2, 0.25) is 0 Å². The van der Waals surface area contributed by atoms with Gasteiger partial charge in [0.25, 0.3) is 0 Å². The standard InChI is InChI=1S/C13H8O/c1-2-10-3-5-13-8-11(9-14)4-6-12(13)7-10/h1,3-9H. The first kappa shape index (κ1) is 8.52. The van der Waals surface area contributed by atoms with E-state index in [1.54, 1.807) is 6.07 Å². The predicted octanol–water partition coefficient (Wildman–Crippen LogP) is 2.63. The molecule has 0 radical (unpaired) electrons. The van der Waals surface area contributed by atoms with Gasteiger partial charge in [-0.2, -0.15) is 0 Å². The van der Waals surface area contributed by atoms with Crippen molar-refractivity contribution < 1.29 is 4.79 Å². The highest BCUT2D eigenvalue weighted by molar-refractivity contribution is 5.89. The molecule has 2 aromatic carbocycles. The third-order valence-corrected chi connectivity index (χ3v) is 2.17. The lowest BCUT2D eigenvalue weighted by Crippen LogP contribution is -1.81. The second-order valence-electron chi connectivity index (χ2n) is 3.08. The monoisotopic (exact) mass is 180 g/mol. The van der Waals surface area contributed by atoms with Gasteiger partial charge in [0.15, 0.2) is 0 Å². The number of terminal acetylenes is 1. The molecule has 0 atom stereocenters. The summed E-state index contributed by atoms with van der Waals surface area (Å²) in [6.45, 7) is 0. The van der Waals surface area contributed by atoms with Gasteiger partial charge in [0, 0.05) is 11.1 Å². The molecule has 0 bridgehead atoms. The van der Waals surface area contributed by atoms with Crippen LogP contribution in [0, 0.1) is 12.3 Å². The lowest BCUT2D eigenvalue weighted by Gasteiger charge is -1.99. The molecule has 1 heteroatoms. The smallest absolute Gasteiger partial charge is 0.150 e. The number of benzene rings is 2. The molecule has 66 valence electrons. The third-order valence-electron chi connectivity index (χ3n) is 2.17. The van der Waals surface area contributed by atoms with Crippen molar-refractivity contribution >= 4 is 17.1 Å². The Hall–Kier alpha value is -2.07. The molecule has 0 aliphatic heterocycles. The van der Waals surface area contributed by atoms with Gasteiger partial charge in [-0.25, -0.2) is 0 Å². The number of carbonyl (C=O) groups is 1. The van der Waals surface area contributed by atoms with Gasteiger partial charge in [0.05, 0.1) is 0 Å². The number of fused-ring (bicyclic) bond motifs is 1. The lowest BCUT2D eigenvalue weighted by molar-refractivity contribution is 0.112. The summed E-state index contributed by atoms with van der Waals surface area (Å²) in [6.07, 6.45) is 6.13. The van der Waals surface area contributed by atoms with Crippen LogP contribution in [0.5, 0.6) is 0 Å². The third kappa shape index (κ3) is 1.38. The molecule has 0 saturated carbocycles. The van der Waals surface area contributed by atoms with Gasteiger partial charge < -0.3 is 0 Å². The van der Waals surface area contributed by atoms with Gasteiger partial charge in [-0.3, -0.25) is 4.79 Å². The van der Waals surface area contributed by atoms with Crippen molar-refractivity contribution in [1.82, 2.24) is 0 Å². The zero-order valence-corrected chi connectivity index (χ0v) is 7.53. The number of rotatable bonds is 1. The average Bonchev–Trinajstić information content (AvgIpc) is 2.27. The minimum Gasteiger partial charge on any atom is -0.298 e. The fourth-order valence-electron chi connectivity index (χ4n) is 1.43. The van der Waals surface area contributed by atoms with E-state index in [9.17, 15) is 4.79 Å². The Morgan fingerprint density at radius 3 is 2.50 bits per heavy atom. The summed E-state index contributed by atoms with van der Waals surface area (Å²) in [5.41, 5.74) is 1.54. The van der Waals surface area contributed by atoms with Crippen LogP contribution >= 0.6 is 0 Å². The van der Waals surface area contributed by atoms with Crippen molar-refractivity contribution in [1.29, 1.82) is 0 Å². The van der Waals surface area contributed by atoms with Crippen LogP contribution in [0.3, 0.4) is 0 Å². The average molecular weight is 180 g/mol. The molecular weight excluding hydrogens is 172 g/mol. The molecule has 1 nitrogen and oxygen atoms in total. The van der Waals surface area contributed by atoms with Crippen LogP contribution in [0.15, 0.2) is 36.4 Å². The Bertz CT molecular complexity index is 532. The molecular formula is C13H8O. The quantitative estimate of drug-likeness (QED) is 0.487. The van der Waals surface area contributed by atoms with Crippen molar-refractivity contribution in [2.24, 2.45) is 0 Å². The van der Waals surface area contributed by atoms with Crippen LogP contribution in [-0.4, -0.2) is 6.29 Å². The maximum atomic E-state index is 10.5. The predicted molar refractivity (Wildman–Crippen MR) is 57.3 cm³/mol. The highest BCUT2D eigenvalue weighted by Crippen LogP contribution is 2.16. The number of carbonyl (C=O) groups excluding carboxylic acids is 1. The van der Waals surface area contributed by atoms with Crippen LogP contribution in [0.1, 0.15) is 15.9 Å². The van der Waals surface area contributed by atoms with Gasteiger partial charge >= 0.3 is 0 Å². The van der Waals surface area contributed by atoms with E-state index < -0.39 is 0 Å². The molecule has 0 N–H and O–H groups in total. The maximum absolute atomic E-state index is 10.5. The van der Waals surface area contributed by atoms with Crippen molar-refractivity contribution in [3.8, 4) is 12.3 Å². The Morgan fingerprint density at radius 2 is 1.79 bits per heavy atom. The highest BCUT2D eigenvalue weighted by atomic mass is 16.1. The van der Waals surface area contributed by atoms with Crippen LogP contribution in [0.4, 0.5) is 0 Å². The summed E-state index contributed by atoms with van der Waals surface area (Å²) in [5, 5.41) is 2.10. The summed E-state index contributed by atoms with van der Waals surface area (Å²) in [5.74, 6) is 2.58. The molecule has 14 heavy (non-hydrogen) atoms. The normalized spacial score (nSPS) is 9.64. The van der Waals surface area contributed by atoms with Crippen molar-refractivity contribution in [3.63, 3.8) is 0 Å². The van der Waals surface area contributed by atoms with E-state index in [4.69, 9.17) is 6.42 Å². The first-order valence-electron chi connectivity index (χ1n) is 4.29. The van der Waals surface area contributed by atoms with Gasteiger partial charge in [-0.15, -0.1) is 6.42 Å². The fraction of sp³-hybridized carbons (Fsp3) is 0. The zero-order chi connectivity index (χ0) is 9.97. The molecule has 0 spiro atoms. The van der Waals surface area contributed by atoms with Crippen molar-refractivity contribution in [3.05, 3.63) is 47.5 Å². The van der Waals surface area contributed by atoms with E-state index in [0.717, 1.165) is 22.6 Å². The molecule has 0 unspecified atom stereocenters. The van der Waals surface area contributed by atoms with Crippen LogP contribution in [0.25, 0.3) is 10.8 Å². The van der Waals surface area contributed by atoms with E-state index in [0.29, 0.717) is 5.56 Å². The molecule has 0 aromatic heterocycles. The Balaban J connectivity index is 2.70. The topological polar surface area (TPSA) is 17.1 Å². The Morgan fingerprint density at radius 1 is 1.07 bits per heavy atom. The SMILES string of the molecule is C#Cc1ccc2cc(C=O)ccc2c1. The molecule has 0 aliphatic carbocycles. The molecule has 0 heterocycles. The largest absolute Gasteiger partial charge is 0.298 e. The Kier molecular flexibility index (Phi) is 2.04. The molecule has 0 amide bonds. The Labute approximate surface area is 82.4 Å². The van der Waals surface area contributed by atoms with Crippen LogP contribution in [-0.2, 0) is 0 Å². The highest BCUT2D eigenvalue weighted by Gasteiger charge is 1.96. The molecule has 0 saturated heterocycles. The summed E-state index contributed by atoms with van der Waals surface area (Å²) in [4.78, 5) is 10.5. The number of hydrogen-bond donors (Lipinski definition) is 0. The first-order valence-corrected chi connectivity index (χ1v) is 4.29. The second-order valence-corrected chi connectivity index (χ2v) is 3.08. The lowest BCUT2D eigenvalue weighted by atomic mass is 10.1. The van der Waals surface area contributed by atoms with E-state index >= 15 is 0 Å². The fourth-order valence-corrected chi connectivity index (χ4v) is 1.43. The first-order chi connectivity index (χ1) is 6.83.